The van der Waals surface area contributed by atoms with E-state index in [1.54, 1.807) is 7.11 Å². The lowest BCUT2D eigenvalue weighted by Gasteiger charge is -2.47. The van der Waals surface area contributed by atoms with Gasteiger partial charge in [-0.25, -0.2) is 0 Å². The molecule has 128 valence electrons. The average molecular weight is 319 g/mol. The zero-order valence-corrected chi connectivity index (χ0v) is 14.2. The number of hydrogen-bond donors (Lipinski definition) is 1. The van der Waals surface area contributed by atoms with Crippen molar-refractivity contribution < 1.29 is 14.6 Å². The molecule has 2 aliphatic rings. The van der Waals surface area contributed by atoms with Crippen LogP contribution in [0.4, 0.5) is 0 Å². The van der Waals surface area contributed by atoms with Crippen molar-refractivity contribution >= 4 is 0 Å². The number of benzene rings is 1. The van der Waals surface area contributed by atoms with Gasteiger partial charge in [-0.2, -0.15) is 0 Å². The van der Waals surface area contributed by atoms with Crippen LogP contribution in [0.3, 0.4) is 0 Å². The summed E-state index contributed by atoms with van der Waals surface area (Å²) >= 11 is 0. The van der Waals surface area contributed by atoms with E-state index in [4.69, 9.17) is 9.47 Å². The fourth-order valence-corrected chi connectivity index (χ4v) is 3.98. The molecule has 1 aromatic rings. The predicted octanol–water partition coefficient (Wildman–Crippen LogP) is 2.84. The summed E-state index contributed by atoms with van der Waals surface area (Å²) in [7, 11) is 1.68. The van der Waals surface area contributed by atoms with Gasteiger partial charge in [-0.05, 0) is 37.0 Å². The number of ether oxygens (including phenoxy) is 2. The van der Waals surface area contributed by atoms with E-state index in [0.717, 1.165) is 38.2 Å². The summed E-state index contributed by atoms with van der Waals surface area (Å²) < 4.78 is 10.6. The lowest BCUT2D eigenvalue weighted by atomic mass is 9.71. The minimum Gasteiger partial charge on any atom is -0.491 e. The lowest BCUT2D eigenvalue weighted by molar-refractivity contribution is -0.0967. The molecule has 1 heterocycles. The molecule has 2 fully saturated rings. The van der Waals surface area contributed by atoms with Crippen LogP contribution in [0.15, 0.2) is 24.3 Å². The molecule has 1 aromatic carbocycles. The van der Waals surface area contributed by atoms with Gasteiger partial charge in [0.15, 0.2) is 0 Å². The number of likely N-dealkylation sites (tertiary alicyclic amines) is 1. The van der Waals surface area contributed by atoms with Crippen LogP contribution < -0.4 is 4.74 Å². The monoisotopic (exact) mass is 319 g/mol. The highest BCUT2D eigenvalue weighted by Crippen LogP contribution is 2.40. The van der Waals surface area contributed by atoms with Crippen LogP contribution in [-0.4, -0.2) is 49.0 Å². The first-order chi connectivity index (χ1) is 11.2. The summed E-state index contributed by atoms with van der Waals surface area (Å²) in [6.07, 6.45) is 5.57. The minimum atomic E-state index is -0.381. The molecule has 0 unspecified atom stereocenters. The number of methoxy groups -OCH3 is 1. The zero-order valence-electron chi connectivity index (χ0n) is 14.2. The summed E-state index contributed by atoms with van der Waals surface area (Å²) in [6, 6.07) is 8.35. The molecule has 4 heteroatoms. The highest BCUT2D eigenvalue weighted by molar-refractivity contribution is 5.27. The van der Waals surface area contributed by atoms with Gasteiger partial charge in [-0.15, -0.1) is 0 Å². The predicted molar refractivity (Wildman–Crippen MR) is 90.6 cm³/mol. The third kappa shape index (κ3) is 4.25. The summed E-state index contributed by atoms with van der Waals surface area (Å²) in [5.74, 6) is 1.35. The van der Waals surface area contributed by atoms with Crippen LogP contribution >= 0.6 is 0 Å². The topological polar surface area (TPSA) is 41.9 Å². The second kappa shape index (κ2) is 7.65. The molecule has 1 aliphatic heterocycles. The van der Waals surface area contributed by atoms with Gasteiger partial charge in [-0.3, -0.25) is 4.90 Å². The number of nitrogens with zero attached hydrogens (tertiary/aromatic N) is 1. The maximum absolute atomic E-state index is 10.8. The Labute approximate surface area is 139 Å². The highest BCUT2D eigenvalue weighted by Gasteiger charge is 2.42. The van der Waals surface area contributed by atoms with E-state index in [0.29, 0.717) is 19.1 Å². The van der Waals surface area contributed by atoms with E-state index in [9.17, 15) is 5.11 Å². The normalized spacial score (nSPS) is 28.3. The third-order valence-corrected chi connectivity index (χ3v) is 5.40. The van der Waals surface area contributed by atoms with Gasteiger partial charge in [0.2, 0.25) is 0 Å². The Bertz CT molecular complexity index is 490. The quantitative estimate of drug-likeness (QED) is 0.819. The molecule has 1 saturated heterocycles. The van der Waals surface area contributed by atoms with Gasteiger partial charge in [0.25, 0.3) is 0 Å². The molecule has 0 amide bonds. The lowest BCUT2D eigenvalue weighted by Crippen LogP contribution is -2.52. The second-order valence-electron chi connectivity index (χ2n) is 7.02. The Hall–Kier alpha value is -1.10. The second-order valence-corrected chi connectivity index (χ2v) is 7.02. The van der Waals surface area contributed by atoms with Crippen molar-refractivity contribution in [2.45, 2.75) is 44.2 Å². The van der Waals surface area contributed by atoms with Gasteiger partial charge in [0, 0.05) is 32.7 Å². The van der Waals surface area contributed by atoms with Crippen LogP contribution in [-0.2, 0) is 11.3 Å². The van der Waals surface area contributed by atoms with Crippen LogP contribution in [0, 0.1) is 5.92 Å². The number of hydrogen-bond acceptors (Lipinski definition) is 4. The van der Waals surface area contributed by atoms with Gasteiger partial charge in [-0.1, -0.05) is 25.0 Å². The van der Waals surface area contributed by atoms with Crippen molar-refractivity contribution in [2.24, 2.45) is 5.92 Å². The fourth-order valence-electron chi connectivity index (χ4n) is 3.98. The van der Waals surface area contributed by atoms with Crippen molar-refractivity contribution in [3.63, 3.8) is 0 Å². The molecule has 1 aliphatic carbocycles. The Morgan fingerprint density at radius 2 is 2.00 bits per heavy atom. The molecule has 0 aromatic heterocycles. The zero-order chi connectivity index (χ0) is 16.1. The summed E-state index contributed by atoms with van der Waals surface area (Å²) in [5.41, 5.74) is 0.929. The molecule has 23 heavy (non-hydrogen) atoms. The minimum absolute atomic E-state index is 0.381. The van der Waals surface area contributed by atoms with E-state index < -0.39 is 0 Å². The van der Waals surface area contributed by atoms with E-state index in [-0.39, 0.29) is 5.60 Å². The summed E-state index contributed by atoms with van der Waals surface area (Å²) in [6.45, 7) is 4.19. The van der Waals surface area contributed by atoms with Crippen LogP contribution in [0.1, 0.15) is 37.7 Å². The Balaban J connectivity index is 1.51. The Morgan fingerprint density at radius 1 is 1.17 bits per heavy atom. The van der Waals surface area contributed by atoms with Crippen molar-refractivity contribution in [3.05, 3.63) is 29.8 Å². The molecule has 0 spiro atoms. The average Bonchev–Trinajstić information content (AvgIpc) is 2.57. The van der Waals surface area contributed by atoms with E-state index in [1.807, 2.05) is 12.1 Å². The molecule has 0 bridgehead atoms. The molecule has 2 atom stereocenters. The van der Waals surface area contributed by atoms with Crippen molar-refractivity contribution in [1.29, 1.82) is 0 Å². The first-order valence-corrected chi connectivity index (χ1v) is 8.85. The molecule has 4 nitrogen and oxygen atoms in total. The van der Waals surface area contributed by atoms with Crippen LogP contribution in [0.2, 0.25) is 0 Å². The van der Waals surface area contributed by atoms with Crippen molar-refractivity contribution in [1.82, 2.24) is 4.90 Å². The van der Waals surface area contributed by atoms with Gasteiger partial charge in [0.1, 0.15) is 12.4 Å². The Kier molecular flexibility index (Phi) is 5.57. The van der Waals surface area contributed by atoms with E-state index in [1.165, 1.54) is 24.8 Å². The van der Waals surface area contributed by atoms with Crippen LogP contribution in [0.5, 0.6) is 5.75 Å². The number of aliphatic hydroxyl groups is 1. The molecule has 0 radical (unpaired) electrons. The molecular formula is C19H29NO3. The van der Waals surface area contributed by atoms with E-state index in [2.05, 4.69) is 17.0 Å². The highest BCUT2D eigenvalue weighted by atomic mass is 16.5. The SMILES string of the molecule is COCCOc1ccc(CN2CC[C@]3(O)CCCC[C@H]3C2)cc1. The largest absolute Gasteiger partial charge is 0.491 e. The first kappa shape index (κ1) is 16.7. The number of piperidine rings is 1. The molecule has 1 N–H and O–H groups in total. The van der Waals surface area contributed by atoms with Gasteiger partial charge < -0.3 is 14.6 Å². The maximum Gasteiger partial charge on any atom is 0.119 e. The van der Waals surface area contributed by atoms with Crippen molar-refractivity contribution in [3.8, 4) is 5.75 Å². The molecule has 1 saturated carbocycles. The van der Waals surface area contributed by atoms with Crippen molar-refractivity contribution in [2.75, 3.05) is 33.4 Å². The smallest absolute Gasteiger partial charge is 0.119 e. The fraction of sp³-hybridized carbons (Fsp3) is 0.684. The van der Waals surface area contributed by atoms with E-state index >= 15 is 0 Å². The molecule has 3 rings (SSSR count). The maximum atomic E-state index is 10.8. The van der Waals surface area contributed by atoms with Gasteiger partial charge >= 0.3 is 0 Å². The third-order valence-electron chi connectivity index (χ3n) is 5.40. The number of fused-ring (bicyclic) bond motifs is 1. The van der Waals surface area contributed by atoms with Gasteiger partial charge in [0.05, 0.1) is 12.2 Å². The standard InChI is InChI=1S/C19H29NO3/c1-22-12-13-23-18-7-5-16(6-8-18)14-20-11-10-19(21)9-3-2-4-17(19)15-20/h5-8,17,21H,2-4,9-15H2,1H3/t17-,19+/m0/s1. The Morgan fingerprint density at radius 3 is 2.78 bits per heavy atom. The van der Waals surface area contributed by atoms with Crippen LogP contribution in [0.25, 0.3) is 0 Å². The molecular weight excluding hydrogens is 290 g/mol. The summed E-state index contributed by atoms with van der Waals surface area (Å²) in [5, 5.41) is 10.8. The first-order valence-electron chi connectivity index (χ1n) is 8.85. The summed E-state index contributed by atoms with van der Waals surface area (Å²) in [4.78, 5) is 2.49. The number of rotatable bonds is 6.